The minimum Gasteiger partial charge on any atom is -0.494 e. The summed E-state index contributed by atoms with van der Waals surface area (Å²) in [4.78, 5) is 21.2. The SMILES string of the molecule is COc1ccc(-c2nc(C(=O)NCc3cccc4c3OCO4)c([C@H](C)N)o2)c2ccc(C(F)(F)F)nc12. The molecule has 2 aromatic heterocycles. The lowest BCUT2D eigenvalue weighted by Crippen LogP contribution is -2.25. The number of nitrogens with zero attached hydrogens (tertiary/aromatic N) is 2. The Morgan fingerprint density at radius 3 is 2.70 bits per heavy atom. The van der Waals surface area contributed by atoms with Crippen LogP contribution in [-0.4, -0.2) is 29.8 Å². The summed E-state index contributed by atoms with van der Waals surface area (Å²) < 4.78 is 61.7. The quantitative estimate of drug-likeness (QED) is 0.383. The number of ether oxygens (including phenoxy) is 3. The first kappa shape index (κ1) is 24.4. The Labute approximate surface area is 208 Å². The lowest BCUT2D eigenvalue weighted by atomic mass is 10.1. The molecule has 5 rings (SSSR count). The maximum atomic E-state index is 13.3. The summed E-state index contributed by atoms with van der Waals surface area (Å²) in [6.45, 7) is 1.85. The van der Waals surface area contributed by atoms with Crippen LogP contribution in [0.3, 0.4) is 0 Å². The van der Waals surface area contributed by atoms with Crippen LogP contribution < -0.4 is 25.3 Å². The van der Waals surface area contributed by atoms with Crippen LogP contribution in [0.5, 0.6) is 17.2 Å². The first-order valence-electron chi connectivity index (χ1n) is 11.1. The van der Waals surface area contributed by atoms with Crippen molar-refractivity contribution in [1.29, 1.82) is 0 Å². The van der Waals surface area contributed by atoms with Crippen molar-refractivity contribution in [3.8, 4) is 28.7 Å². The van der Waals surface area contributed by atoms with E-state index in [-0.39, 0.29) is 41.9 Å². The molecule has 1 aliphatic rings. The number of carbonyl (C=O) groups is 1. The topological polar surface area (TPSA) is 122 Å². The van der Waals surface area contributed by atoms with Gasteiger partial charge in [0.1, 0.15) is 17.0 Å². The highest BCUT2D eigenvalue weighted by atomic mass is 19.4. The zero-order valence-electron chi connectivity index (χ0n) is 19.7. The fourth-order valence-corrected chi connectivity index (χ4v) is 4.01. The van der Waals surface area contributed by atoms with Crippen LogP contribution in [0.4, 0.5) is 13.2 Å². The van der Waals surface area contributed by atoms with Gasteiger partial charge in [-0.2, -0.15) is 13.2 Å². The number of pyridine rings is 1. The predicted octanol–water partition coefficient (Wildman–Crippen LogP) is 4.60. The van der Waals surface area contributed by atoms with Crippen molar-refractivity contribution in [3.05, 3.63) is 65.2 Å². The van der Waals surface area contributed by atoms with E-state index in [9.17, 15) is 18.0 Å². The number of methoxy groups -OCH3 is 1. The van der Waals surface area contributed by atoms with E-state index >= 15 is 0 Å². The summed E-state index contributed by atoms with van der Waals surface area (Å²) in [5, 5.41) is 3.07. The Bertz CT molecular complexity index is 1500. The molecule has 0 unspecified atom stereocenters. The Morgan fingerprint density at radius 1 is 1.16 bits per heavy atom. The average molecular weight is 514 g/mol. The molecule has 0 aliphatic carbocycles. The van der Waals surface area contributed by atoms with Gasteiger partial charge in [-0.15, -0.1) is 0 Å². The summed E-state index contributed by atoms with van der Waals surface area (Å²) in [6, 6.07) is 9.78. The van der Waals surface area contributed by atoms with Gasteiger partial charge in [-0.25, -0.2) is 9.97 Å². The highest BCUT2D eigenvalue weighted by Crippen LogP contribution is 2.38. The third-order valence-corrected chi connectivity index (χ3v) is 5.76. The van der Waals surface area contributed by atoms with Gasteiger partial charge in [-0.1, -0.05) is 12.1 Å². The minimum atomic E-state index is -4.64. The largest absolute Gasteiger partial charge is 0.494 e. The molecular weight excluding hydrogens is 493 g/mol. The maximum Gasteiger partial charge on any atom is 0.433 e. The molecule has 0 bridgehead atoms. The van der Waals surface area contributed by atoms with Crippen LogP contribution in [-0.2, 0) is 12.7 Å². The predicted molar refractivity (Wildman–Crippen MR) is 125 cm³/mol. The number of carbonyl (C=O) groups excluding carboxylic acids is 1. The van der Waals surface area contributed by atoms with Crippen molar-refractivity contribution in [2.75, 3.05) is 13.9 Å². The van der Waals surface area contributed by atoms with Crippen LogP contribution in [0.25, 0.3) is 22.4 Å². The number of para-hydroxylation sites is 1. The number of amides is 1. The van der Waals surface area contributed by atoms with Crippen molar-refractivity contribution in [3.63, 3.8) is 0 Å². The molecule has 192 valence electrons. The second-order valence-corrected chi connectivity index (χ2v) is 8.26. The monoisotopic (exact) mass is 514 g/mol. The third-order valence-electron chi connectivity index (χ3n) is 5.76. The number of oxazole rings is 1. The number of benzene rings is 2. The number of hydrogen-bond acceptors (Lipinski definition) is 8. The number of aromatic nitrogens is 2. The standard InChI is InChI=1S/C25H21F3N4O5/c1-12(29)21-20(23(33)30-10-13-4-3-5-17-22(13)36-11-35-17)32-24(37-21)15-6-8-16(34-2)19-14(15)7-9-18(31-19)25(26,27)28/h3-9,12H,10-11,29H2,1-2H3,(H,30,33)/t12-/m0/s1. The van der Waals surface area contributed by atoms with E-state index in [0.29, 0.717) is 28.0 Å². The molecule has 0 saturated carbocycles. The summed E-state index contributed by atoms with van der Waals surface area (Å²) >= 11 is 0. The van der Waals surface area contributed by atoms with Gasteiger partial charge in [0.05, 0.1) is 13.2 Å². The molecule has 12 heteroatoms. The number of halogens is 3. The van der Waals surface area contributed by atoms with Crippen LogP contribution >= 0.6 is 0 Å². The van der Waals surface area contributed by atoms with Gasteiger partial charge in [0.2, 0.25) is 12.7 Å². The van der Waals surface area contributed by atoms with Crippen LogP contribution in [0.2, 0.25) is 0 Å². The number of rotatable bonds is 6. The second-order valence-electron chi connectivity index (χ2n) is 8.26. The number of nitrogens with one attached hydrogen (secondary N) is 1. The van der Waals surface area contributed by atoms with Gasteiger partial charge in [0.25, 0.3) is 5.91 Å². The van der Waals surface area contributed by atoms with Gasteiger partial charge in [-0.3, -0.25) is 4.79 Å². The van der Waals surface area contributed by atoms with E-state index in [2.05, 4.69) is 15.3 Å². The molecule has 2 aromatic carbocycles. The smallest absolute Gasteiger partial charge is 0.433 e. The van der Waals surface area contributed by atoms with Crippen molar-refractivity contribution >= 4 is 16.8 Å². The highest BCUT2D eigenvalue weighted by molar-refractivity contribution is 5.98. The van der Waals surface area contributed by atoms with E-state index < -0.39 is 23.8 Å². The first-order chi connectivity index (χ1) is 17.7. The zero-order chi connectivity index (χ0) is 26.3. The number of alkyl halides is 3. The highest BCUT2D eigenvalue weighted by Gasteiger charge is 2.33. The van der Waals surface area contributed by atoms with Crippen LogP contribution in [0.15, 0.2) is 46.9 Å². The fourth-order valence-electron chi connectivity index (χ4n) is 4.01. The van der Waals surface area contributed by atoms with E-state index in [1.807, 2.05) is 0 Å². The average Bonchev–Trinajstić information content (AvgIpc) is 3.53. The van der Waals surface area contributed by atoms with E-state index in [0.717, 1.165) is 6.07 Å². The van der Waals surface area contributed by atoms with Crippen LogP contribution in [0.1, 0.15) is 40.5 Å². The summed E-state index contributed by atoms with van der Waals surface area (Å²) in [5.74, 6) is 0.850. The molecule has 0 radical (unpaired) electrons. The first-order valence-corrected chi connectivity index (χ1v) is 11.1. The molecule has 0 saturated heterocycles. The molecule has 9 nitrogen and oxygen atoms in total. The number of nitrogens with two attached hydrogens (primary N) is 1. The van der Waals surface area contributed by atoms with E-state index in [1.165, 1.54) is 19.2 Å². The van der Waals surface area contributed by atoms with Gasteiger partial charge < -0.3 is 29.7 Å². The van der Waals surface area contributed by atoms with Gasteiger partial charge >= 0.3 is 6.18 Å². The molecule has 1 aliphatic heterocycles. The summed E-state index contributed by atoms with van der Waals surface area (Å²) in [6.07, 6.45) is -4.64. The van der Waals surface area contributed by atoms with Crippen molar-refractivity contribution in [1.82, 2.24) is 15.3 Å². The fraction of sp³-hybridized carbons (Fsp3) is 0.240. The van der Waals surface area contributed by atoms with E-state index in [4.69, 9.17) is 24.4 Å². The zero-order valence-corrected chi connectivity index (χ0v) is 19.7. The van der Waals surface area contributed by atoms with Gasteiger partial charge in [0.15, 0.2) is 23.0 Å². The Morgan fingerprint density at radius 2 is 1.97 bits per heavy atom. The minimum absolute atomic E-state index is 0.00370. The number of hydrogen-bond donors (Lipinski definition) is 2. The Hall–Kier alpha value is -4.32. The Kier molecular flexibility index (Phi) is 6.12. The summed E-state index contributed by atoms with van der Waals surface area (Å²) in [7, 11) is 1.33. The molecule has 1 amide bonds. The van der Waals surface area contributed by atoms with Crippen molar-refractivity contribution < 1.29 is 36.6 Å². The van der Waals surface area contributed by atoms with Gasteiger partial charge in [0, 0.05) is 23.1 Å². The summed E-state index contributed by atoms with van der Waals surface area (Å²) in [5.41, 5.74) is 5.94. The maximum absolute atomic E-state index is 13.3. The molecule has 1 atom stereocenters. The van der Waals surface area contributed by atoms with Crippen molar-refractivity contribution in [2.45, 2.75) is 25.7 Å². The normalized spacial score (nSPS) is 13.6. The van der Waals surface area contributed by atoms with Crippen molar-refractivity contribution in [2.24, 2.45) is 5.73 Å². The molecular formula is C25H21F3N4O5. The van der Waals surface area contributed by atoms with Crippen LogP contribution in [0, 0.1) is 0 Å². The second kappa shape index (κ2) is 9.28. The number of fused-ring (bicyclic) bond motifs is 2. The molecule has 37 heavy (non-hydrogen) atoms. The van der Waals surface area contributed by atoms with E-state index in [1.54, 1.807) is 31.2 Å². The molecule has 3 heterocycles. The molecule has 0 spiro atoms. The molecule has 0 fully saturated rings. The molecule has 4 aromatic rings. The third kappa shape index (κ3) is 4.51. The lowest BCUT2D eigenvalue weighted by Gasteiger charge is -2.11. The molecule has 3 N–H and O–H groups in total. The van der Waals surface area contributed by atoms with Gasteiger partial charge in [-0.05, 0) is 37.3 Å². The Balaban J connectivity index is 1.51. The lowest BCUT2D eigenvalue weighted by molar-refractivity contribution is -0.140.